The van der Waals surface area contributed by atoms with Crippen molar-refractivity contribution >= 4 is 29.1 Å². The minimum atomic E-state index is -0.507. The third-order valence-corrected chi connectivity index (χ3v) is 5.72. The number of rotatable bonds is 6. The molecule has 0 saturated carbocycles. The predicted octanol–water partition coefficient (Wildman–Crippen LogP) is 3.62. The Labute approximate surface area is 176 Å². The number of carbonyl (C=O) groups is 3. The summed E-state index contributed by atoms with van der Waals surface area (Å²) < 4.78 is 0. The highest BCUT2D eigenvalue weighted by atomic mass is 16.2. The molecule has 30 heavy (non-hydrogen) atoms. The molecule has 0 bridgehead atoms. The summed E-state index contributed by atoms with van der Waals surface area (Å²) in [6.07, 6.45) is 11.7. The summed E-state index contributed by atoms with van der Waals surface area (Å²) >= 11 is 0. The molecule has 4 rings (SSSR count). The second kappa shape index (κ2) is 9.03. The van der Waals surface area contributed by atoms with Gasteiger partial charge in [-0.3, -0.25) is 14.5 Å². The molecule has 4 amide bonds. The van der Waals surface area contributed by atoms with E-state index in [1.807, 2.05) is 23.1 Å². The highest BCUT2D eigenvalue weighted by Gasteiger charge is 2.35. The highest BCUT2D eigenvalue weighted by Crippen LogP contribution is 2.23. The molecular weight excluding hydrogens is 378 g/mol. The van der Waals surface area contributed by atoms with Crippen LogP contribution in [0.25, 0.3) is 5.57 Å². The number of amides is 4. The fourth-order valence-electron chi connectivity index (χ4n) is 4.00. The van der Waals surface area contributed by atoms with Crippen LogP contribution in [0.1, 0.15) is 31.2 Å². The first-order chi connectivity index (χ1) is 14.6. The summed E-state index contributed by atoms with van der Waals surface area (Å²) in [5.41, 5.74) is 3.01. The zero-order chi connectivity index (χ0) is 20.9. The fraction of sp³-hybridized carbons (Fsp3) is 0.333. The zero-order valence-corrected chi connectivity index (χ0v) is 16.9. The van der Waals surface area contributed by atoms with Crippen LogP contribution >= 0.6 is 0 Å². The van der Waals surface area contributed by atoms with E-state index in [0.717, 1.165) is 13.0 Å². The molecule has 6 nitrogen and oxygen atoms in total. The van der Waals surface area contributed by atoms with E-state index < -0.39 is 11.9 Å². The molecular formula is C24H25N3O3. The molecule has 1 unspecified atom stereocenters. The van der Waals surface area contributed by atoms with E-state index in [1.165, 1.54) is 16.0 Å². The van der Waals surface area contributed by atoms with E-state index in [-0.39, 0.29) is 11.8 Å². The number of hydrogen-bond donors (Lipinski definition) is 0. The van der Waals surface area contributed by atoms with Crippen molar-refractivity contribution in [3.05, 3.63) is 66.3 Å². The van der Waals surface area contributed by atoms with Crippen molar-refractivity contribution in [1.82, 2.24) is 9.80 Å². The molecule has 2 aliphatic heterocycles. The molecule has 1 aliphatic carbocycles. The van der Waals surface area contributed by atoms with Crippen molar-refractivity contribution in [3.63, 3.8) is 0 Å². The molecule has 2 heterocycles. The predicted molar refractivity (Wildman–Crippen MR) is 116 cm³/mol. The van der Waals surface area contributed by atoms with Gasteiger partial charge in [0.2, 0.25) is 11.8 Å². The number of imide groups is 1. The fourth-order valence-corrected chi connectivity index (χ4v) is 4.00. The van der Waals surface area contributed by atoms with Crippen LogP contribution in [-0.4, -0.2) is 53.0 Å². The normalized spacial score (nSPS) is 20.7. The van der Waals surface area contributed by atoms with E-state index in [0.29, 0.717) is 38.1 Å². The number of allylic oxidation sites excluding steroid dienone is 3. The van der Waals surface area contributed by atoms with Gasteiger partial charge in [0.1, 0.15) is 0 Å². The summed E-state index contributed by atoms with van der Waals surface area (Å²) in [6.45, 7) is 1.65. The van der Waals surface area contributed by atoms with Crippen molar-refractivity contribution in [1.29, 1.82) is 0 Å². The Balaban J connectivity index is 1.23. The summed E-state index contributed by atoms with van der Waals surface area (Å²) in [4.78, 5) is 44.3. The van der Waals surface area contributed by atoms with E-state index >= 15 is 0 Å². The Bertz CT molecular complexity index is 959. The Kier molecular flexibility index (Phi) is 6.02. The largest absolute Gasteiger partial charge is 0.350 e. The van der Waals surface area contributed by atoms with Crippen LogP contribution in [0, 0.1) is 5.92 Å². The molecule has 0 fully saturated rings. The highest BCUT2D eigenvalue weighted by molar-refractivity contribution is 6.21. The average molecular weight is 403 g/mol. The maximum Gasteiger partial charge on any atom is 0.350 e. The molecule has 1 aromatic carbocycles. The number of fused-ring (bicyclic) bond motifs is 1. The molecule has 0 saturated heterocycles. The van der Waals surface area contributed by atoms with Gasteiger partial charge < -0.3 is 4.90 Å². The lowest BCUT2D eigenvalue weighted by molar-refractivity contribution is -0.130. The molecule has 0 N–H and O–H groups in total. The van der Waals surface area contributed by atoms with Gasteiger partial charge in [-0.05, 0) is 36.5 Å². The van der Waals surface area contributed by atoms with Gasteiger partial charge in [-0.25, -0.2) is 4.79 Å². The second-order valence-corrected chi connectivity index (χ2v) is 7.67. The molecule has 3 aliphatic rings. The minimum Gasteiger partial charge on any atom is -0.339 e. The first-order valence-electron chi connectivity index (χ1n) is 10.4. The number of aliphatic imine (C=N–C) groups is 1. The Morgan fingerprint density at radius 2 is 1.93 bits per heavy atom. The van der Waals surface area contributed by atoms with Gasteiger partial charge in [0.05, 0.1) is 11.6 Å². The average Bonchev–Trinajstić information content (AvgIpc) is 2.79. The molecule has 154 valence electrons. The third kappa shape index (κ3) is 4.32. The van der Waals surface area contributed by atoms with Crippen LogP contribution in [0.4, 0.5) is 4.79 Å². The van der Waals surface area contributed by atoms with E-state index in [1.54, 1.807) is 24.3 Å². The minimum absolute atomic E-state index is 0.121. The maximum atomic E-state index is 12.6. The van der Waals surface area contributed by atoms with Crippen LogP contribution in [0.2, 0.25) is 0 Å². The lowest BCUT2D eigenvalue weighted by Crippen LogP contribution is -2.46. The number of urea groups is 1. The first kappa shape index (κ1) is 20.0. The standard InChI is InChI=1S/C24H25N3O3/c28-22(26-16-13-19(14-17-26)18-8-2-1-3-9-18)12-6-7-15-27-23(29)20-10-4-5-11-21(20)25-24(27)30/h1-5,8-11,13,20H,6-7,12,14-17H2. The quantitative estimate of drug-likeness (QED) is 0.681. The van der Waals surface area contributed by atoms with Gasteiger partial charge >= 0.3 is 6.03 Å². The summed E-state index contributed by atoms with van der Waals surface area (Å²) in [7, 11) is 0. The number of benzene rings is 1. The van der Waals surface area contributed by atoms with Gasteiger partial charge in [0.25, 0.3) is 0 Å². The molecule has 1 atom stereocenters. The van der Waals surface area contributed by atoms with Crippen molar-refractivity contribution in [2.24, 2.45) is 10.9 Å². The number of carbonyl (C=O) groups excluding carboxylic acids is 3. The number of nitrogens with zero attached hydrogens (tertiary/aromatic N) is 3. The Morgan fingerprint density at radius 3 is 2.70 bits per heavy atom. The Morgan fingerprint density at radius 1 is 1.10 bits per heavy atom. The van der Waals surface area contributed by atoms with Gasteiger partial charge in [-0.15, -0.1) is 0 Å². The smallest absolute Gasteiger partial charge is 0.339 e. The number of hydrogen-bond acceptors (Lipinski definition) is 3. The Hall–Kier alpha value is -3.28. The van der Waals surface area contributed by atoms with Crippen molar-refractivity contribution in [3.8, 4) is 0 Å². The van der Waals surface area contributed by atoms with E-state index in [9.17, 15) is 14.4 Å². The second-order valence-electron chi connectivity index (χ2n) is 7.67. The summed E-state index contributed by atoms with van der Waals surface area (Å²) in [5.74, 6) is -0.574. The van der Waals surface area contributed by atoms with Crippen LogP contribution in [0.3, 0.4) is 0 Å². The van der Waals surface area contributed by atoms with Crippen LogP contribution in [0.15, 0.2) is 65.7 Å². The molecule has 1 aromatic rings. The topological polar surface area (TPSA) is 70.0 Å². The maximum absolute atomic E-state index is 12.6. The van der Waals surface area contributed by atoms with Gasteiger partial charge in [-0.2, -0.15) is 4.99 Å². The van der Waals surface area contributed by atoms with Crippen LogP contribution in [0.5, 0.6) is 0 Å². The molecule has 0 radical (unpaired) electrons. The van der Waals surface area contributed by atoms with E-state index in [4.69, 9.17) is 0 Å². The summed E-state index contributed by atoms with van der Waals surface area (Å²) in [5, 5.41) is 0. The third-order valence-electron chi connectivity index (χ3n) is 5.72. The van der Waals surface area contributed by atoms with Gasteiger partial charge in [0.15, 0.2) is 0 Å². The van der Waals surface area contributed by atoms with Gasteiger partial charge in [0, 0.05) is 26.1 Å². The van der Waals surface area contributed by atoms with Crippen molar-refractivity contribution < 1.29 is 14.4 Å². The first-order valence-corrected chi connectivity index (χ1v) is 10.4. The van der Waals surface area contributed by atoms with Crippen molar-refractivity contribution in [2.45, 2.75) is 25.7 Å². The number of unbranched alkanes of at least 4 members (excludes halogenated alkanes) is 1. The van der Waals surface area contributed by atoms with E-state index in [2.05, 4.69) is 23.2 Å². The summed E-state index contributed by atoms with van der Waals surface area (Å²) in [6, 6.07) is 9.74. The van der Waals surface area contributed by atoms with Crippen LogP contribution in [-0.2, 0) is 9.59 Å². The molecule has 0 aromatic heterocycles. The lowest BCUT2D eigenvalue weighted by atomic mass is 9.95. The monoisotopic (exact) mass is 403 g/mol. The SMILES string of the molecule is O=C(CCCCN1C(=O)N=C2C=CC=CC2C1=O)N1CC=C(c2ccccc2)CC1. The zero-order valence-electron chi connectivity index (χ0n) is 16.9. The molecule has 6 heteroatoms. The molecule has 0 spiro atoms. The van der Waals surface area contributed by atoms with Crippen LogP contribution < -0.4 is 0 Å². The lowest BCUT2D eigenvalue weighted by Gasteiger charge is -2.28. The van der Waals surface area contributed by atoms with Crippen molar-refractivity contribution in [2.75, 3.05) is 19.6 Å². The van der Waals surface area contributed by atoms with Gasteiger partial charge in [-0.1, -0.05) is 54.6 Å².